The van der Waals surface area contributed by atoms with E-state index in [4.69, 9.17) is 10.5 Å². The number of aryl methyl sites for hydroxylation is 2. The fraction of sp³-hybridized carbons (Fsp3) is 0.222. The zero-order valence-corrected chi connectivity index (χ0v) is 13.6. The Morgan fingerprint density at radius 3 is 2.62 bits per heavy atom. The van der Waals surface area contributed by atoms with Crippen molar-refractivity contribution in [3.8, 4) is 5.75 Å². The molecule has 2 aromatic rings. The molecule has 2 amide bonds. The molecule has 0 aliphatic carbocycles. The van der Waals surface area contributed by atoms with Crippen LogP contribution in [-0.2, 0) is 4.79 Å². The molecule has 0 atom stereocenters. The van der Waals surface area contributed by atoms with E-state index in [0.29, 0.717) is 5.69 Å². The van der Waals surface area contributed by atoms with Crippen LogP contribution in [-0.4, -0.2) is 18.4 Å². The Hall–Kier alpha value is -2.89. The lowest BCUT2D eigenvalue weighted by atomic mass is 10.1. The van der Waals surface area contributed by atoms with Gasteiger partial charge in [0.2, 0.25) is 5.91 Å². The van der Waals surface area contributed by atoms with E-state index in [1.807, 2.05) is 32.0 Å². The van der Waals surface area contributed by atoms with Crippen molar-refractivity contribution >= 4 is 17.5 Å². The first-order chi connectivity index (χ1) is 11.4. The van der Waals surface area contributed by atoms with Crippen molar-refractivity contribution in [2.24, 2.45) is 5.73 Å². The van der Waals surface area contributed by atoms with Gasteiger partial charge in [-0.25, -0.2) is 4.39 Å². The first-order valence-corrected chi connectivity index (χ1v) is 7.46. The van der Waals surface area contributed by atoms with Crippen molar-refractivity contribution in [3.63, 3.8) is 0 Å². The van der Waals surface area contributed by atoms with Crippen LogP contribution in [0.15, 0.2) is 36.4 Å². The van der Waals surface area contributed by atoms with Gasteiger partial charge in [-0.15, -0.1) is 0 Å². The van der Waals surface area contributed by atoms with Gasteiger partial charge < -0.3 is 15.8 Å². The predicted molar refractivity (Wildman–Crippen MR) is 89.6 cm³/mol. The Bertz CT molecular complexity index is 775. The predicted octanol–water partition coefficient (Wildman–Crippen LogP) is 2.95. The number of halogens is 1. The quantitative estimate of drug-likeness (QED) is 0.854. The second-order valence-corrected chi connectivity index (χ2v) is 5.47. The molecule has 0 aliphatic rings. The van der Waals surface area contributed by atoms with Crippen LogP contribution < -0.4 is 15.8 Å². The number of ether oxygens (including phenoxy) is 1. The second-order valence-electron chi connectivity index (χ2n) is 5.47. The number of nitrogens with one attached hydrogen (secondary N) is 1. The van der Waals surface area contributed by atoms with E-state index in [-0.39, 0.29) is 24.5 Å². The summed E-state index contributed by atoms with van der Waals surface area (Å²) in [4.78, 5) is 23.0. The van der Waals surface area contributed by atoms with Crippen molar-refractivity contribution in [1.29, 1.82) is 0 Å². The molecule has 126 valence electrons. The zero-order valence-electron chi connectivity index (χ0n) is 13.6. The third-order valence-corrected chi connectivity index (χ3v) is 3.45. The van der Waals surface area contributed by atoms with Crippen LogP contribution in [0.3, 0.4) is 0 Å². The summed E-state index contributed by atoms with van der Waals surface area (Å²) in [5.41, 5.74) is 7.18. The van der Waals surface area contributed by atoms with Gasteiger partial charge in [-0.3, -0.25) is 9.59 Å². The number of carbonyl (C=O) groups excluding carboxylic acids is 2. The minimum atomic E-state index is -0.887. The largest absolute Gasteiger partial charge is 0.493 e. The Kier molecular flexibility index (Phi) is 5.52. The maximum Gasteiger partial charge on any atom is 0.251 e. The summed E-state index contributed by atoms with van der Waals surface area (Å²) in [6.45, 7) is 4.10. The van der Waals surface area contributed by atoms with Crippen LogP contribution in [0.25, 0.3) is 0 Å². The van der Waals surface area contributed by atoms with E-state index in [1.54, 1.807) is 0 Å². The van der Waals surface area contributed by atoms with Gasteiger partial charge in [0.1, 0.15) is 11.6 Å². The summed E-state index contributed by atoms with van der Waals surface area (Å²) in [6.07, 6.45) is 0.122. The molecule has 0 fully saturated rings. The third kappa shape index (κ3) is 4.55. The molecule has 24 heavy (non-hydrogen) atoms. The fourth-order valence-corrected chi connectivity index (χ4v) is 2.13. The molecular weight excluding hydrogens is 311 g/mol. The number of primary amides is 1. The lowest BCUT2D eigenvalue weighted by molar-refractivity contribution is -0.116. The monoisotopic (exact) mass is 330 g/mol. The minimum absolute atomic E-state index is 0.122. The fourth-order valence-electron chi connectivity index (χ4n) is 2.13. The van der Waals surface area contributed by atoms with Gasteiger partial charge in [0.05, 0.1) is 18.6 Å². The van der Waals surface area contributed by atoms with Gasteiger partial charge >= 0.3 is 0 Å². The van der Waals surface area contributed by atoms with Gasteiger partial charge in [-0.1, -0.05) is 12.1 Å². The maximum absolute atomic E-state index is 13.4. The average Bonchev–Trinajstić information content (AvgIpc) is 2.52. The topological polar surface area (TPSA) is 81.4 Å². The van der Waals surface area contributed by atoms with E-state index in [0.717, 1.165) is 22.9 Å². The smallest absolute Gasteiger partial charge is 0.251 e. The van der Waals surface area contributed by atoms with E-state index in [9.17, 15) is 14.0 Å². The zero-order chi connectivity index (χ0) is 17.7. The van der Waals surface area contributed by atoms with E-state index >= 15 is 0 Å². The number of anilines is 1. The molecule has 2 rings (SSSR count). The number of amides is 2. The van der Waals surface area contributed by atoms with Crippen LogP contribution in [0.1, 0.15) is 27.9 Å². The summed E-state index contributed by atoms with van der Waals surface area (Å²) in [5.74, 6) is -1.18. The molecule has 0 radical (unpaired) electrons. The molecule has 0 bridgehead atoms. The van der Waals surface area contributed by atoms with E-state index < -0.39 is 11.7 Å². The molecule has 0 aromatic heterocycles. The van der Waals surface area contributed by atoms with Crippen LogP contribution in [0.4, 0.5) is 10.1 Å². The molecule has 0 spiro atoms. The molecule has 6 heteroatoms. The van der Waals surface area contributed by atoms with E-state index in [1.165, 1.54) is 12.1 Å². The normalized spacial score (nSPS) is 10.3. The number of carbonyl (C=O) groups is 2. The number of nitrogens with two attached hydrogens (primary N) is 1. The second kappa shape index (κ2) is 7.59. The summed E-state index contributed by atoms with van der Waals surface area (Å²) >= 11 is 0. The van der Waals surface area contributed by atoms with Crippen LogP contribution >= 0.6 is 0 Å². The summed E-state index contributed by atoms with van der Waals surface area (Å²) in [5, 5.41) is 2.58. The molecule has 3 N–H and O–H groups in total. The highest BCUT2D eigenvalue weighted by Crippen LogP contribution is 2.19. The molecule has 5 nitrogen and oxygen atoms in total. The minimum Gasteiger partial charge on any atom is -0.493 e. The standard InChI is InChI=1S/C18H19FN2O3/c1-11-3-4-12(2)16(9-11)24-8-7-17(22)21-13-5-6-15(19)14(10-13)18(20)23/h3-6,9-10H,7-8H2,1-2H3,(H2,20,23)(H,21,22). The van der Waals surface area contributed by atoms with Gasteiger partial charge in [-0.2, -0.15) is 0 Å². The first-order valence-electron chi connectivity index (χ1n) is 7.46. The molecule has 2 aromatic carbocycles. The molecule has 0 heterocycles. The first kappa shape index (κ1) is 17.5. The Balaban J connectivity index is 1.91. The summed E-state index contributed by atoms with van der Waals surface area (Å²) in [7, 11) is 0. The van der Waals surface area contributed by atoms with Crippen molar-refractivity contribution in [3.05, 3.63) is 58.9 Å². The number of hydrogen-bond donors (Lipinski definition) is 2. The SMILES string of the molecule is Cc1ccc(C)c(OCCC(=O)Nc2ccc(F)c(C(N)=O)c2)c1. The highest BCUT2D eigenvalue weighted by Gasteiger charge is 2.11. The highest BCUT2D eigenvalue weighted by molar-refractivity contribution is 5.96. The van der Waals surface area contributed by atoms with Crippen LogP contribution in [0.2, 0.25) is 0 Å². The van der Waals surface area contributed by atoms with Crippen LogP contribution in [0.5, 0.6) is 5.75 Å². The van der Waals surface area contributed by atoms with Crippen molar-refractivity contribution < 1.29 is 18.7 Å². The number of benzene rings is 2. The molecule has 0 saturated carbocycles. The lowest BCUT2D eigenvalue weighted by Crippen LogP contribution is -2.17. The van der Waals surface area contributed by atoms with E-state index in [2.05, 4.69) is 5.32 Å². The summed E-state index contributed by atoms with van der Waals surface area (Å²) in [6, 6.07) is 9.51. The van der Waals surface area contributed by atoms with Crippen LogP contribution in [0, 0.1) is 19.7 Å². The Morgan fingerprint density at radius 2 is 1.92 bits per heavy atom. The van der Waals surface area contributed by atoms with Crippen molar-refractivity contribution in [2.75, 3.05) is 11.9 Å². The molecule has 0 saturated heterocycles. The van der Waals surface area contributed by atoms with Gasteiger partial charge in [0, 0.05) is 5.69 Å². The maximum atomic E-state index is 13.4. The number of rotatable bonds is 6. The summed E-state index contributed by atoms with van der Waals surface area (Å²) < 4.78 is 19.0. The highest BCUT2D eigenvalue weighted by atomic mass is 19.1. The van der Waals surface area contributed by atoms with Crippen molar-refractivity contribution in [1.82, 2.24) is 0 Å². The molecule has 0 aliphatic heterocycles. The molecule has 0 unspecified atom stereocenters. The van der Waals surface area contributed by atoms with Gasteiger partial charge in [0.25, 0.3) is 5.91 Å². The molecular formula is C18H19FN2O3. The van der Waals surface area contributed by atoms with Gasteiger partial charge in [0.15, 0.2) is 0 Å². The Morgan fingerprint density at radius 1 is 1.17 bits per heavy atom. The average molecular weight is 330 g/mol. The van der Waals surface area contributed by atoms with Gasteiger partial charge in [-0.05, 0) is 49.2 Å². The van der Waals surface area contributed by atoms with Crippen molar-refractivity contribution in [2.45, 2.75) is 20.3 Å². The Labute approximate surface area is 139 Å². The lowest BCUT2D eigenvalue weighted by Gasteiger charge is -2.10. The third-order valence-electron chi connectivity index (χ3n) is 3.45. The number of hydrogen-bond acceptors (Lipinski definition) is 3.